The highest BCUT2D eigenvalue weighted by Gasteiger charge is 2.27. The second kappa shape index (κ2) is 9.27. The Balaban J connectivity index is 1.95. The summed E-state index contributed by atoms with van der Waals surface area (Å²) >= 11 is 17.9. The molecule has 0 spiro atoms. The van der Waals surface area contributed by atoms with Gasteiger partial charge < -0.3 is 5.32 Å². The molecule has 0 fully saturated rings. The van der Waals surface area contributed by atoms with Crippen molar-refractivity contribution in [1.82, 2.24) is 0 Å². The predicted octanol–water partition coefficient (Wildman–Crippen LogP) is 5.79. The fraction of sp³-hybridized carbons (Fsp3) is 0.0952. The number of benzene rings is 3. The van der Waals surface area contributed by atoms with Crippen LogP contribution in [0.25, 0.3) is 0 Å². The van der Waals surface area contributed by atoms with Gasteiger partial charge in [0.25, 0.3) is 10.0 Å². The van der Waals surface area contributed by atoms with Crippen LogP contribution in [0.15, 0.2) is 71.6 Å². The average molecular weight is 484 g/mol. The zero-order valence-electron chi connectivity index (χ0n) is 15.8. The molecule has 0 heterocycles. The number of halogens is 3. The third-order valence-corrected chi connectivity index (χ3v) is 6.82. The van der Waals surface area contributed by atoms with E-state index < -0.39 is 22.5 Å². The van der Waals surface area contributed by atoms with Crippen LogP contribution in [0.1, 0.15) is 5.56 Å². The topological polar surface area (TPSA) is 66.5 Å². The molecule has 3 rings (SSSR count). The molecule has 0 saturated heterocycles. The van der Waals surface area contributed by atoms with Crippen molar-refractivity contribution >= 4 is 62.1 Å². The Kier molecular flexibility index (Phi) is 6.93. The first kappa shape index (κ1) is 22.4. The summed E-state index contributed by atoms with van der Waals surface area (Å²) < 4.78 is 27.6. The van der Waals surface area contributed by atoms with Crippen molar-refractivity contribution in [1.29, 1.82) is 0 Å². The standard InChI is InChI=1S/C21H17Cl3N2O3S/c1-14-2-7-17(8-3-14)26(30(28,29)18-9-4-15(22)5-10-18)13-21(27)25-20-12-16(23)6-11-19(20)24/h2-12H,13H2,1H3,(H,25,27). The molecular formula is C21H17Cl3N2O3S. The van der Waals surface area contributed by atoms with Gasteiger partial charge in [-0.05, 0) is 61.5 Å². The molecule has 156 valence electrons. The molecule has 9 heteroatoms. The van der Waals surface area contributed by atoms with Crippen LogP contribution in [0.2, 0.25) is 15.1 Å². The van der Waals surface area contributed by atoms with Crippen LogP contribution < -0.4 is 9.62 Å². The predicted molar refractivity (Wildman–Crippen MR) is 122 cm³/mol. The van der Waals surface area contributed by atoms with Gasteiger partial charge in [-0.3, -0.25) is 9.10 Å². The number of carbonyl (C=O) groups is 1. The summed E-state index contributed by atoms with van der Waals surface area (Å²) in [6.45, 7) is 1.42. The van der Waals surface area contributed by atoms with Gasteiger partial charge in [-0.1, -0.05) is 52.5 Å². The molecule has 0 aliphatic carbocycles. The van der Waals surface area contributed by atoms with Gasteiger partial charge >= 0.3 is 0 Å². The van der Waals surface area contributed by atoms with E-state index in [1.807, 2.05) is 6.92 Å². The van der Waals surface area contributed by atoms with E-state index >= 15 is 0 Å². The Morgan fingerprint density at radius 1 is 0.900 bits per heavy atom. The summed E-state index contributed by atoms with van der Waals surface area (Å²) in [5.74, 6) is -0.572. The van der Waals surface area contributed by atoms with Gasteiger partial charge in [-0.25, -0.2) is 8.42 Å². The molecule has 1 N–H and O–H groups in total. The molecule has 30 heavy (non-hydrogen) atoms. The van der Waals surface area contributed by atoms with Crippen LogP contribution >= 0.6 is 34.8 Å². The van der Waals surface area contributed by atoms with E-state index in [1.165, 1.54) is 30.3 Å². The van der Waals surface area contributed by atoms with Crippen LogP contribution in [0.5, 0.6) is 0 Å². The number of hydrogen-bond acceptors (Lipinski definition) is 3. The minimum atomic E-state index is -4.03. The highest BCUT2D eigenvalue weighted by atomic mass is 35.5. The number of amides is 1. The lowest BCUT2D eigenvalue weighted by molar-refractivity contribution is -0.114. The second-order valence-electron chi connectivity index (χ2n) is 6.47. The smallest absolute Gasteiger partial charge is 0.264 e. The van der Waals surface area contributed by atoms with Gasteiger partial charge in [0.15, 0.2) is 0 Å². The number of aryl methyl sites for hydroxylation is 1. The van der Waals surface area contributed by atoms with Crippen molar-refractivity contribution in [2.24, 2.45) is 0 Å². The van der Waals surface area contributed by atoms with E-state index in [9.17, 15) is 13.2 Å². The number of anilines is 2. The molecule has 0 aliphatic rings. The molecule has 3 aromatic carbocycles. The fourth-order valence-corrected chi connectivity index (χ4v) is 4.56. The number of nitrogens with zero attached hydrogens (tertiary/aromatic N) is 1. The highest BCUT2D eigenvalue weighted by Crippen LogP contribution is 2.27. The lowest BCUT2D eigenvalue weighted by atomic mass is 10.2. The largest absolute Gasteiger partial charge is 0.323 e. The zero-order chi connectivity index (χ0) is 21.9. The van der Waals surface area contributed by atoms with Crippen LogP contribution in [-0.4, -0.2) is 20.9 Å². The maximum Gasteiger partial charge on any atom is 0.264 e. The van der Waals surface area contributed by atoms with Crippen LogP contribution in [0.3, 0.4) is 0 Å². The van der Waals surface area contributed by atoms with Crippen molar-refractivity contribution in [3.8, 4) is 0 Å². The van der Waals surface area contributed by atoms with Gasteiger partial charge in [0.05, 0.1) is 21.3 Å². The summed E-state index contributed by atoms with van der Waals surface area (Å²) in [5, 5.41) is 3.69. The molecule has 3 aromatic rings. The van der Waals surface area contributed by atoms with Crippen molar-refractivity contribution in [2.75, 3.05) is 16.2 Å². The van der Waals surface area contributed by atoms with E-state index in [0.29, 0.717) is 21.4 Å². The SMILES string of the molecule is Cc1ccc(N(CC(=O)Nc2cc(Cl)ccc2Cl)S(=O)(=O)c2ccc(Cl)cc2)cc1. The Bertz CT molecular complexity index is 1170. The van der Waals surface area contributed by atoms with Crippen molar-refractivity contribution in [3.63, 3.8) is 0 Å². The Hall–Kier alpha value is -2.25. The van der Waals surface area contributed by atoms with E-state index in [0.717, 1.165) is 9.87 Å². The average Bonchev–Trinajstić information content (AvgIpc) is 2.70. The number of hydrogen-bond donors (Lipinski definition) is 1. The monoisotopic (exact) mass is 482 g/mol. The molecule has 0 saturated carbocycles. The molecule has 0 atom stereocenters. The van der Waals surface area contributed by atoms with Gasteiger partial charge in [0, 0.05) is 10.0 Å². The minimum absolute atomic E-state index is 0.0149. The summed E-state index contributed by atoms with van der Waals surface area (Å²) in [7, 11) is -4.03. The summed E-state index contributed by atoms with van der Waals surface area (Å²) in [4.78, 5) is 12.7. The van der Waals surface area contributed by atoms with Gasteiger partial charge in [-0.2, -0.15) is 0 Å². The summed E-state index contributed by atoms with van der Waals surface area (Å²) in [6.07, 6.45) is 0. The van der Waals surface area contributed by atoms with Gasteiger partial charge in [0.1, 0.15) is 6.54 Å². The van der Waals surface area contributed by atoms with Crippen LogP contribution in [0, 0.1) is 6.92 Å². The molecule has 0 aliphatic heterocycles. The van der Waals surface area contributed by atoms with Gasteiger partial charge in [-0.15, -0.1) is 0 Å². The number of nitrogens with one attached hydrogen (secondary N) is 1. The lowest BCUT2D eigenvalue weighted by Crippen LogP contribution is -2.38. The highest BCUT2D eigenvalue weighted by molar-refractivity contribution is 7.92. The fourth-order valence-electron chi connectivity index (χ4n) is 2.67. The maximum absolute atomic E-state index is 13.3. The number of sulfonamides is 1. The summed E-state index contributed by atoms with van der Waals surface area (Å²) in [6, 6.07) is 17.2. The quantitative estimate of drug-likeness (QED) is 0.482. The molecule has 5 nitrogen and oxygen atoms in total. The van der Waals surface area contributed by atoms with E-state index in [-0.39, 0.29) is 9.92 Å². The molecular weight excluding hydrogens is 467 g/mol. The normalized spacial score (nSPS) is 11.2. The molecule has 0 aromatic heterocycles. The molecule has 0 bridgehead atoms. The number of rotatable bonds is 6. The number of carbonyl (C=O) groups excluding carboxylic acids is 1. The lowest BCUT2D eigenvalue weighted by Gasteiger charge is -2.24. The van der Waals surface area contributed by atoms with Crippen LogP contribution in [0.4, 0.5) is 11.4 Å². The first-order chi connectivity index (χ1) is 14.2. The van der Waals surface area contributed by atoms with E-state index in [4.69, 9.17) is 34.8 Å². The Labute approximate surface area is 190 Å². The van der Waals surface area contributed by atoms with E-state index in [1.54, 1.807) is 36.4 Å². The maximum atomic E-state index is 13.3. The molecule has 1 amide bonds. The first-order valence-corrected chi connectivity index (χ1v) is 11.3. The minimum Gasteiger partial charge on any atom is -0.323 e. The third kappa shape index (κ3) is 5.26. The van der Waals surface area contributed by atoms with Crippen molar-refractivity contribution < 1.29 is 13.2 Å². The van der Waals surface area contributed by atoms with Crippen molar-refractivity contribution in [2.45, 2.75) is 11.8 Å². The molecule has 0 radical (unpaired) electrons. The van der Waals surface area contributed by atoms with Gasteiger partial charge in [0.2, 0.25) is 5.91 Å². The Morgan fingerprint density at radius 2 is 1.50 bits per heavy atom. The Morgan fingerprint density at radius 3 is 2.13 bits per heavy atom. The molecule has 0 unspecified atom stereocenters. The first-order valence-electron chi connectivity index (χ1n) is 8.77. The zero-order valence-corrected chi connectivity index (χ0v) is 18.9. The van der Waals surface area contributed by atoms with Crippen LogP contribution in [-0.2, 0) is 14.8 Å². The van der Waals surface area contributed by atoms with E-state index in [2.05, 4.69) is 5.32 Å². The second-order valence-corrected chi connectivity index (χ2v) is 9.62. The van der Waals surface area contributed by atoms with Crippen molar-refractivity contribution in [3.05, 3.63) is 87.4 Å². The summed E-state index contributed by atoms with van der Waals surface area (Å²) in [5.41, 5.74) is 1.60. The third-order valence-electron chi connectivity index (χ3n) is 4.21.